The van der Waals surface area contributed by atoms with E-state index in [-0.39, 0.29) is 12.2 Å². The third-order valence-corrected chi connectivity index (χ3v) is 6.64. The lowest BCUT2D eigenvalue weighted by Crippen LogP contribution is -2.51. The van der Waals surface area contributed by atoms with Crippen LogP contribution >= 0.6 is 0 Å². The van der Waals surface area contributed by atoms with Gasteiger partial charge in [-0.25, -0.2) is 4.99 Å². The number of fused-ring (bicyclic) bond motifs is 1. The van der Waals surface area contributed by atoms with Crippen LogP contribution in [0.3, 0.4) is 0 Å². The summed E-state index contributed by atoms with van der Waals surface area (Å²) in [4.78, 5) is 29.0. The van der Waals surface area contributed by atoms with Crippen molar-refractivity contribution >= 4 is 17.3 Å². The van der Waals surface area contributed by atoms with Crippen LogP contribution in [0.5, 0.6) is 0 Å². The van der Waals surface area contributed by atoms with Gasteiger partial charge in [0.2, 0.25) is 5.91 Å². The van der Waals surface area contributed by atoms with Crippen molar-refractivity contribution in [1.29, 1.82) is 0 Å². The monoisotopic (exact) mass is 415 g/mol. The SMILES string of the molecule is CN1C=CC(c2ccncc2)=NC1N1CCC(C(=O)N2CCCc3ccccc32)CC1. The van der Waals surface area contributed by atoms with Gasteiger partial charge >= 0.3 is 0 Å². The summed E-state index contributed by atoms with van der Waals surface area (Å²) in [7, 11) is 2.07. The van der Waals surface area contributed by atoms with Crippen LogP contribution in [0.4, 0.5) is 5.69 Å². The fourth-order valence-corrected chi connectivity index (χ4v) is 4.92. The van der Waals surface area contributed by atoms with Crippen LogP contribution in [0.1, 0.15) is 30.4 Å². The first-order valence-electron chi connectivity index (χ1n) is 11.2. The van der Waals surface area contributed by atoms with Gasteiger partial charge in [-0.2, -0.15) is 0 Å². The van der Waals surface area contributed by atoms with Gasteiger partial charge in [0, 0.05) is 62.4 Å². The number of carbonyl (C=O) groups excluding carboxylic acids is 1. The number of aromatic nitrogens is 1. The number of aliphatic imine (C=N–C) groups is 1. The van der Waals surface area contributed by atoms with Gasteiger partial charge in [-0.15, -0.1) is 0 Å². The van der Waals surface area contributed by atoms with Gasteiger partial charge in [-0.05, 0) is 55.5 Å². The van der Waals surface area contributed by atoms with Crippen LogP contribution in [0.25, 0.3) is 0 Å². The van der Waals surface area contributed by atoms with Crippen molar-refractivity contribution in [1.82, 2.24) is 14.8 Å². The normalized spacial score (nSPS) is 22.2. The van der Waals surface area contributed by atoms with Gasteiger partial charge in [0.15, 0.2) is 6.29 Å². The van der Waals surface area contributed by atoms with E-state index in [1.165, 1.54) is 5.56 Å². The molecule has 0 bridgehead atoms. The molecule has 3 aliphatic heterocycles. The number of anilines is 1. The molecule has 1 amide bonds. The summed E-state index contributed by atoms with van der Waals surface area (Å²) in [6, 6.07) is 12.3. The Morgan fingerprint density at radius 1 is 1.03 bits per heavy atom. The van der Waals surface area contributed by atoms with E-state index in [0.717, 1.165) is 62.3 Å². The second-order valence-corrected chi connectivity index (χ2v) is 8.61. The Balaban J connectivity index is 1.26. The maximum absolute atomic E-state index is 13.4. The summed E-state index contributed by atoms with van der Waals surface area (Å²) in [5.74, 6) is 0.389. The third kappa shape index (κ3) is 4.00. The van der Waals surface area contributed by atoms with Crippen molar-refractivity contribution in [3.63, 3.8) is 0 Å². The number of allylic oxidation sites excluding steroid dienone is 1. The Bertz CT molecular complexity index is 994. The van der Waals surface area contributed by atoms with Crippen LogP contribution in [0, 0.1) is 5.92 Å². The van der Waals surface area contributed by atoms with Crippen molar-refractivity contribution in [2.24, 2.45) is 10.9 Å². The van der Waals surface area contributed by atoms with E-state index in [1.807, 2.05) is 23.1 Å². The fourth-order valence-electron chi connectivity index (χ4n) is 4.92. The number of benzene rings is 1. The number of para-hydroxylation sites is 1. The predicted molar refractivity (Wildman–Crippen MR) is 123 cm³/mol. The molecule has 6 nitrogen and oxygen atoms in total. The van der Waals surface area contributed by atoms with Crippen LogP contribution in [0.2, 0.25) is 0 Å². The summed E-state index contributed by atoms with van der Waals surface area (Å²) in [6.07, 6.45) is 11.6. The van der Waals surface area contributed by atoms with Gasteiger partial charge in [0.05, 0.1) is 5.71 Å². The van der Waals surface area contributed by atoms with E-state index in [9.17, 15) is 4.79 Å². The minimum Gasteiger partial charge on any atom is -0.347 e. The molecule has 5 rings (SSSR count). The molecule has 3 aliphatic rings. The zero-order valence-electron chi connectivity index (χ0n) is 18.0. The second-order valence-electron chi connectivity index (χ2n) is 8.61. The number of amides is 1. The zero-order chi connectivity index (χ0) is 21.2. The second kappa shape index (κ2) is 8.63. The highest BCUT2D eigenvalue weighted by atomic mass is 16.2. The molecule has 1 aromatic carbocycles. The molecule has 1 unspecified atom stereocenters. The molecule has 1 aromatic heterocycles. The standard InChI is InChI=1S/C25H29N5O/c1-28-16-12-22(19-8-13-26-14-9-19)27-25(28)29-17-10-21(11-18-29)24(31)30-15-4-6-20-5-2-3-7-23(20)30/h2-3,5,7-9,12-14,16,21,25H,4,6,10-11,15,17-18H2,1H3. The van der Waals surface area contributed by atoms with E-state index >= 15 is 0 Å². The molecule has 6 heteroatoms. The van der Waals surface area contributed by atoms with Gasteiger partial charge in [0.25, 0.3) is 0 Å². The molecular weight excluding hydrogens is 386 g/mol. The molecule has 2 aromatic rings. The Labute approximate surface area is 183 Å². The molecule has 31 heavy (non-hydrogen) atoms. The quantitative estimate of drug-likeness (QED) is 0.772. The molecule has 0 N–H and O–H groups in total. The van der Waals surface area contributed by atoms with E-state index in [0.29, 0.717) is 5.91 Å². The molecule has 0 radical (unpaired) electrons. The lowest BCUT2D eigenvalue weighted by Gasteiger charge is -2.41. The predicted octanol–water partition coefficient (Wildman–Crippen LogP) is 3.30. The summed E-state index contributed by atoms with van der Waals surface area (Å²) >= 11 is 0. The van der Waals surface area contributed by atoms with E-state index in [1.54, 1.807) is 12.4 Å². The Kier molecular flexibility index (Phi) is 5.55. The largest absolute Gasteiger partial charge is 0.347 e. The van der Waals surface area contributed by atoms with Gasteiger partial charge in [0.1, 0.15) is 0 Å². The molecule has 1 saturated heterocycles. The number of hydrogen-bond donors (Lipinski definition) is 0. The molecule has 1 atom stereocenters. The molecule has 4 heterocycles. The maximum atomic E-state index is 13.4. The highest BCUT2D eigenvalue weighted by Gasteiger charge is 2.34. The fraction of sp³-hybridized carbons (Fsp3) is 0.400. The zero-order valence-corrected chi connectivity index (χ0v) is 18.0. The number of nitrogens with zero attached hydrogens (tertiary/aromatic N) is 5. The Morgan fingerprint density at radius 2 is 1.81 bits per heavy atom. The molecule has 0 spiro atoms. The lowest BCUT2D eigenvalue weighted by molar-refractivity contribution is -0.124. The van der Waals surface area contributed by atoms with Gasteiger partial charge in [-0.1, -0.05) is 18.2 Å². The Morgan fingerprint density at radius 3 is 2.61 bits per heavy atom. The van der Waals surface area contributed by atoms with Crippen LogP contribution in [0.15, 0.2) is 66.1 Å². The van der Waals surface area contributed by atoms with Crippen LogP contribution < -0.4 is 4.90 Å². The molecule has 1 fully saturated rings. The minimum absolute atomic E-state index is 0.0278. The first-order chi connectivity index (χ1) is 15.2. The van der Waals surface area contributed by atoms with E-state index < -0.39 is 0 Å². The summed E-state index contributed by atoms with van der Waals surface area (Å²) in [6.45, 7) is 2.59. The molecule has 160 valence electrons. The van der Waals surface area contributed by atoms with E-state index in [2.05, 4.69) is 52.3 Å². The number of piperidine rings is 1. The summed E-state index contributed by atoms with van der Waals surface area (Å²) < 4.78 is 0. The van der Waals surface area contributed by atoms with Crippen molar-refractivity contribution in [3.05, 3.63) is 72.2 Å². The number of hydrogen-bond acceptors (Lipinski definition) is 5. The van der Waals surface area contributed by atoms with Crippen LogP contribution in [-0.4, -0.2) is 59.4 Å². The van der Waals surface area contributed by atoms with Crippen LogP contribution in [-0.2, 0) is 11.2 Å². The third-order valence-electron chi connectivity index (χ3n) is 6.64. The van der Waals surface area contributed by atoms with Gasteiger partial charge in [-0.3, -0.25) is 14.7 Å². The first kappa shape index (κ1) is 19.9. The first-order valence-corrected chi connectivity index (χ1v) is 11.2. The number of pyridine rings is 1. The molecule has 0 saturated carbocycles. The topological polar surface area (TPSA) is 52.0 Å². The van der Waals surface area contributed by atoms with Crippen molar-refractivity contribution in [2.75, 3.05) is 31.6 Å². The lowest BCUT2D eigenvalue weighted by atomic mass is 9.93. The minimum atomic E-state index is -0.0278. The Hall–Kier alpha value is -2.99. The van der Waals surface area contributed by atoms with Crippen molar-refractivity contribution in [3.8, 4) is 0 Å². The number of aryl methyl sites for hydroxylation is 1. The van der Waals surface area contributed by atoms with Crippen molar-refractivity contribution < 1.29 is 4.79 Å². The average Bonchev–Trinajstić information content (AvgIpc) is 2.84. The highest BCUT2D eigenvalue weighted by Crippen LogP contribution is 2.31. The molecular formula is C25H29N5O. The highest BCUT2D eigenvalue weighted by molar-refractivity contribution is 6.09. The van der Waals surface area contributed by atoms with Gasteiger partial charge < -0.3 is 9.80 Å². The maximum Gasteiger partial charge on any atom is 0.230 e. The molecule has 0 aliphatic carbocycles. The number of rotatable bonds is 3. The smallest absolute Gasteiger partial charge is 0.230 e. The average molecular weight is 416 g/mol. The number of carbonyl (C=O) groups is 1. The number of likely N-dealkylation sites (tertiary alicyclic amines) is 1. The van der Waals surface area contributed by atoms with Crippen molar-refractivity contribution in [2.45, 2.75) is 32.0 Å². The van der Waals surface area contributed by atoms with E-state index in [4.69, 9.17) is 4.99 Å². The summed E-state index contributed by atoms with van der Waals surface area (Å²) in [5.41, 5.74) is 4.48. The summed E-state index contributed by atoms with van der Waals surface area (Å²) in [5, 5.41) is 0.